The Balaban J connectivity index is 2.31. The van der Waals surface area contributed by atoms with Crippen LogP contribution in [0.1, 0.15) is 73.0 Å². The summed E-state index contributed by atoms with van der Waals surface area (Å²) in [5.74, 6) is -0.307. The number of rotatable bonds is 5. The summed E-state index contributed by atoms with van der Waals surface area (Å²) in [6.45, 7) is 2.31. The van der Waals surface area contributed by atoms with Crippen molar-refractivity contribution < 1.29 is 9.53 Å². The van der Waals surface area contributed by atoms with E-state index in [0.717, 1.165) is 44.2 Å². The molecule has 1 saturated carbocycles. The third kappa shape index (κ3) is 3.52. The van der Waals surface area contributed by atoms with E-state index in [-0.39, 0.29) is 17.0 Å². The number of nitriles is 1. The van der Waals surface area contributed by atoms with Gasteiger partial charge in [-0.25, -0.2) is 4.79 Å². The van der Waals surface area contributed by atoms with Crippen LogP contribution in [0.15, 0.2) is 10.9 Å². The molecule has 0 spiro atoms. The lowest BCUT2D eigenvalue weighted by molar-refractivity contribution is 0.0499. The third-order valence-corrected chi connectivity index (χ3v) is 3.91. The van der Waals surface area contributed by atoms with Crippen molar-refractivity contribution in [3.63, 3.8) is 0 Å². The van der Waals surface area contributed by atoms with Crippen molar-refractivity contribution in [2.24, 2.45) is 0 Å². The highest BCUT2D eigenvalue weighted by molar-refractivity contribution is 5.92. The number of esters is 1. The number of carbonyl (C=O) groups excluding carboxylic acids is 1. The molecule has 0 saturated heterocycles. The van der Waals surface area contributed by atoms with Crippen LogP contribution >= 0.6 is 0 Å². The smallest absolute Gasteiger partial charge is 0.339 e. The van der Waals surface area contributed by atoms with Gasteiger partial charge in [-0.1, -0.05) is 26.2 Å². The van der Waals surface area contributed by atoms with Crippen molar-refractivity contribution in [1.82, 2.24) is 4.98 Å². The molecule has 0 aliphatic heterocycles. The molecule has 21 heavy (non-hydrogen) atoms. The highest BCUT2D eigenvalue weighted by Gasteiger charge is 2.23. The molecule has 1 aliphatic carbocycles. The summed E-state index contributed by atoms with van der Waals surface area (Å²) in [4.78, 5) is 26.8. The Bertz CT molecular complexity index is 607. The average Bonchev–Trinajstić information content (AvgIpc) is 3.00. The van der Waals surface area contributed by atoms with Crippen molar-refractivity contribution in [1.29, 1.82) is 5.26 Å². The molecule has 5 heteroatoms. The molecule has 1 heterocycles. The second-order valence-electron chi connectivity index (χ2n) is 5.43. The maximum absolute atomic E-state index is 12.1. The van der Waals surface area contributed by atoms with Gasteiger partial charge in [0.25, 0.3) is 5.56 Å². The maximum Gasteiger partial charge on any atom is 0.339 e. The number of H-pyrrole nitrogens is 1. The zero-order valence-electron chi connectivity index (χ0n) is 12.3. The summed E-state index contributed by atoms with van der Waals surface area (Å²) >= 11 is 0. The van der Waals surface area contributed by atoms with Crippen LogP contribution in [0.5, 0.6) is 0 Å². The Kier molecular flexibility index (Phi) is 5.15. The number of hydrogen-bond acceptors (Lipinski definition) is 4. The first-order valence-corrected chi connectivity index (χ1v) is 7.51. The SMILES string of the molecule is CCCCOC(=O)c1cc(C2CCCC2)[nH]c(=O)c1C#N. The summed E-state index contributed by atoms with van der Waals surface area (Å²) < 4.78 is 5.14. The third-order valence-electron chi connectivity index (χ3n) is 3.91. The minimum Gasteiger partial charge on any atom is -0.462 e. The van der Waals surface area contributed by atoms with Crippen LogP contribution in [0.3, 0.4) is 0 Å². The molecule has 0 aromatic carbocycles. The number of nitrogens with zero attached hydrogens (tertiary/aromatic N) is 1. The van der Waals surface area contributed by atoms with Gasteiger partial charge in [0.1, 0.15) is 11.6 Å². The van der Waals surface area contributed by atoms with Gasteiger partial charge in [0.15, 0.2) is 0 Å². The lowest BCUT2D eigenvalue weighted by atomic mass is 10.00. The molecule has 5 nitrogen and oxygen atoms in total. The van der Waals surface area contributed by atoms with E-state index in [2.05, 4.69) is 4.98 Å². The number of aromatic nitrogens is 1. The van der Waals surface area contributed by atoms with Crippen molar-refractivity contribution in [2.45, 2.75) is 51.4 Å². The highest BCUT2D eigenvalue weighted by Crippen LogP contribution is 2.33. The predicted molar refractivity (Wildman–Crippen MR) is 78.2 cm³/mol. The van der Waals surface area contributed by atoms with Gasteiger partial charge >= 0.3 is 5.97 Å². The largest absolute Gasteiger partial charge is 0.462 e. The summed E-state index contributed by atoms with van der Waals surface area (Å²) in [6.07, 6.45) is 5.96. The fourth-order valence-corrected chi connectivity index (χ4v) is 2.70. The molecule has 0 bridgehead atoms. The van der Waals surface area contributed by atoms with E-state index in [1.54, 1.807) is 6.07 Å². The van der Waals surface area contributed by atoms with Gasteiger partial charge in [-0.15, -0.1) is 0 Å². The number of pyridine rings is 1. The Hall–Kier alpha value is -2.09. The molecule has 2 rings (SSSR count). The normalized spacial score (nSPS) is 14.9. The van der Waals surface area contributed by atoms with E-state index in [1.807, 2.05) is 13.0 Å². The average molecular weight is 288 g/mol. The number of aromatic amines is 1. The Labute approximate surface area is 123 Å². The summed E-state index contributed by atoms with van der Waals surface area (Å²) in [6, 6.07) is 3.44. The number of carbonyl (C=O) groups is 1. The zero-order valence-corrected chi connectivity index (χ0v) is 12.3. The second kappa shape index (κ2) is 7.07. The fraction of sp³-hybridized carbons (Fsp3) is 0.562. The lowest BCUT2D eigenvalue weighted by Crippen LogP contribution is -2.20. The van der Waals surface area contributed by atoms with Crippen LogP contribution < -0.4 is 5.56 Å². The van der Waals surface area contributed by atoms with Crippen LogP contribution in [0.4, 0.5) is 0 Å². The van der Waals surface area contributed by atoms with Crippen LogP contribution in [-0.2, 0) is 4.74 Å². The second-order valence-corrected chi connectivity index (χ2v) is 5.43. The van der Waals surface area contributed by atoms with Crippen LogP contribution in [0.2, 0.25) is 0 Å². The number of hydrogen-bond donors (Lipinski definition) is 1. The van der Waals surface area contributed by atoms with Gasteiger partial charge in [-0.05, 0) is 31.2 Å². The first-order chi connectivity index (χ1) is 10.2. The van der Waals surface area contributed by atoms with Crippen molar-refractivity contribution >= 4 is 5.97 Å². The summed E-state index contributed by atoms with van der Waals surface area (Å²) in [5.41, 5.74) is 0.195. The Morgan fingerprint density at radius 1 is 1.48 bits per heavy atom. The topological polar surface area (TPSA) is 83.0 Å². The van der Waals surface area contributed by atoms with E-state index in [4.69, 9.17) is 10.00 Å². The van der Waals surface area contributed by atoms with E-state index in [0.29, 0.717) is 6.61 Å². The van der Waals surface area contributed by atoms with Gasteiger partial charge in [0.2, 0.25) is 0 Å². The van der Waals surface area contributed by atoms with E-state index in [1.165, 1.54) is 0 Å². The fourth-order valence-electron chi connectivity index (χ4n) is 2.70. The van der Waals surface area contributed by atoms with E-state index in [9.17, 15) is 9.59 Å². The molecule has 0 radical (unpaired) electrons. The Morgan fingerprint density at radius 2 is 2.19 bits per heavy atom. The molecule has 1 fully saturated rings. The molecule has 1 aliphatic rings. The molecule has 1 aromatic heterocycles. The molecule has 0 atom stereocenters. The van der Waals surface area contributed by atoms with Crippen LogP contribution in [-0.4, -0.2) is 17.6 Å². The lowest BCUT2D eigenvalue weighted by Gasteiger charge is -2.12. The number of unbranched alkanes of at least 4 members (excludes halogenated alkanes) is 1. The maximum atomic E-state index is 12.1. The van der Waals surface area contributed by atoms with Gasteiger partial charge < -0.3 is 9.72 Å². The first-order valence-electron chi connectivity index (χ1n) is 7.51. The minimum atomic E-state index is -0.578. The van der Waals surface area contributed by atoms with Crippen molar-refractivity contribution in [3.8, 4) is 6.07 Å². The molecule has 1 N–H and O–H groups in total. The minimum absolute atomic E-state index is 0.0965. The summed E-state index contributed by atoms with van der Waals surface area (Å²) in [5, 5.41) is 9.10. The molecule has 0 unspecified atom stereocenters. The van der Waals surface area contributed by atoms with Crippen LogP contribution in [0, 0.1) is 11.3 Å². The van der Waals surface area contributed by atoms with E-state index < -0.39 is 11.5 Å². The molecular formula is C16H20N2O3. The quantitative estimate of drug-likeness (QED) is 0.667. The monoisotopic (exact) mass is 288 g/mol. The van der Waals surface area contributed by atoms with Crippen LogP contribution in [0.25, 0.3) is 0 Å². The number of nitrogens with one attached hydrogen (secondary N) is 1. The molecule has 0 amide bonds. The van der Waals surface area contributed by atoms with E-state index >= 15 is 0 Å². The zero-order chi connectivity index (χ0) is 15.2. The van der Waals surface area contributed by atoms with Gasteiger partial charge in [-0.2, -0.15) is 5.26 Å². The summed E-state index contributed by atoms with van der Waals surface area (Å²) in [7, 11) is 0. The first kappa shape index (κ1) is 15.3. The van der Waals surface area contributed by atoms with Crippen molar-refractivity contribution in [3.05, 3.63) is 33.2 Å². The van der Waals surface area contributed by atoms with Crippen molar-refractivity contribution in [2.75, 3.05) is 6.61 Å². The standard InChI is InChI=1S/C16H20N2O3/c1-2-3-8-21-16(20)12-9-14(11-6-4-5-7-11)18-15(19)13(12)10-17/h9,11H,2-8H2,1H3,(H,18,19). The van der Waals surface area contributed by atoms with Gasteiger partial charge in [0, 0.05) is 5.69 Å². The predicted octanol–water partition coefficient (Wildman–Crippen LogP) is 2.86. The Morgan fingerprint density at radius 3 is 2.81 bits per heavy atom. The molecule has 1 aromatic rings. The highest BCUT2D eigenvalue weighted by atomic mass is 16.5. The van der Waals surface area contributed by atoms with Gasteiger partial charge in [0.05, 0.1) is 12.2 Å². The molecule has 112 valence electrons. The molecular weight excluding hydrogens is 268 g/mol. The van der Waals surface area contributed by atoms with Gasteiger partial charge in [-0.3, -0.25) is 4.79 Å². The number of ether oxygens (including phenoxy) is 1.